The third kappa shape index (κ3) is 9.71. The molecule has 1 N–H and O–H groups in total. The average Bonchev–Trinajstić information content (AvgIpc) is 3.32. The first-order valence-corrected chi connectivity index (χ1v) is 23.5. The van der Waals surface area contributed by atoms with Crippen LogP contribution < -0.4 is 16.0 Å². The van der Waals surface area contributed by atoms with E-state index >= 15 is 0 Å². The molecule has 1 aromatic heterocycles. The molecular weight excluding hydrogens is 777 g/mol. The fourth-order valence-corrected chi connectivity index (χ4v) is 8.16. The van der Waals surface area contributed by atoms with E-state index in [0.717, 1.165) is 0 Å². The van der Waals surface area contributed by atoms with E-state index in [0.29, 0.717) is 27.9 Å². The zero-order valence-corrected chi connectivity index (χ0v) is 35.8. The van der Waals surface area contributed by atoms with Crippen LogP contribution in [-0.2, 0) is 24.9 Å². The van der Waals surface area contributed by atoms with Crippen molar-refractivity contribution in [2.45, 2.75) is 136 Å². The van der Waals surface area contributed by atoms with Gasteiger partial charge in [0.1, 0.15) is 18.1 Å². The number of aromatic nitrogens is 2. The Morgan fingerprint density at radius 3 is 2.14 bits per heavy atom. The SMILES string of the molecule is COc1cc([C@@H](OCc2cn([C@H]3C[C@H](O[Si](C)(C)C(C)(C)C)[C@@H](CO[Si](C)(C)C(C)(C)C)O3)c(=O)[nH]c2=O)C(C)(C)C)c([N+](=O)[O-])cc1I. The quantitative estimate of drug-likeness (QED) is 0.0972. The Hall–Kier alpha value is -1.90. The molecule has 0 unspecified atom stereocenters. The number of benzene rings is 1. The number of rotatable bonds is 12. The maximum absolute atomic E-state index is 13.3. The standard InChI is InChI=1S/C34H56IN3O9Si2/c1-32(2,3)29(22-15-25(43-10)23(35)16-24(22)38(41)42)44-19-21-18-37(31(40)36-30(21)39)28-17-26(47-49(13,14)34(7,8)9)27(46-28)20-45-48(11,12)33(4,5)6/h15-16,18,26-29H,17,19-20H2,1-14H3,(H,36,39,40)/t26-,27+,28+,29+/m0/s1. The minimum atomic E-state index is -2.23. The Morgan fingerprint density at radius 2 is 1.63 bits per heavy atom. The lowest BCUT2D eigenvalue weighted by atomic mass is 9.83. The number of methoxy groups -OCH3 is 1. The number of halogens is 1. The van der Waals surface area contributed by atoms with Crippen LogP contribution in [0.2, 0.25) is 36.3 Å². The zero-order chi connectivity index (χ0) is 37.5. The summed E-state index contributed by atoms with van der Waals surface area (Å²) in [6.45, 7) is 27.7. The number of nitro benzene ring substituents is 1. The van der Waals surface area contributed by atoms with Gasteiger partial charge in [-0.2, -0.15) is 0 Å². The van der Waals surface area contributed by atoms with Crippen molar-refractivity contribution in [2.75, 3.05) is 13.7 Å². The molecule has 12 nitrogen and oxygen atoms in total. The van der Waals surface area contributed by atoms with Crippen LogP contribution in [0.1, 0.15) is 92.2 Å². The van der Waals surface area contributed by atoms with Crippen LogP contribution in [0.4, 0.5) is 5.69 Å². The lowest BCUT2D eigenvalue weighted by Crippen LogP contribution is -2.48. The van der Waals surface area contributed by atoms with Gasteiger partial charge in [-0.3, -0.25) is 24.5 Å². The van der Waals surface area contributed by atoms with E-state index in [1.165, 1.54) is 23.9 Å². The molecule has 1 aliphatic heterocycles. The minimum Gasteiger partial charge on any atom is -0.496 e. The Bertz CT molecular complexity index is 1620. The number of nitrogens with one attached hydrogen (secondary N) is 1. The third-order valence-corrected chi connectivity index (χ3v) is 20.0. The van der Waals surface area contributed by atoms with Crippen LogP contribution in [0, 0.1) is 19.1 Å². The van der Waals surface area contributed by atoms with Crippen molar-refractivity contribution in [1.29, 1.82) is 0 Å². The smallest absolute Gasteiger partial charge is 0.330 e. The van der Waals surface area contributed by atoms with E-state index in [2.05, 4.69) is 72.7 Å². The molecule has 0 saturated carbocycles. The molecule has 2 heterocycles. The molecule has 0 bridgehead atoms. The van der Waals surface area contributed by atoms with Crippen LogP contribution >= 0.6 is 22.6 Å². The zero-order valence-electron chi connectivity index (χ0n) is 31.6. The summed E-state index contributed by atoms with van der Waals surface area (Å²) in [6.07, 6.45) is -0.394. The molecule has 15 heteroatoms. The van der Waals surface area contributed by atoms with Crippen LogP contribution in [0.3, 0.4) is 0 Å². The highest BCUT2D eigenvalue weighted by molar-refractivity contribution is 14.1. The second-order valence-electron chi connectivity index (χ2n) is 17.0. The van der Waals surface area contributed by atoms with Gasteiger partial charge in [-0.1, -0.05) is 62.3 Å². The summed E-state index contributed by atoms with van der Waals surface area (Å²) >= 11 is 1.99. The van der Waals surface area contributed by atoms with E-state index in [9.17, 15) is 19.7 Å². The number of nitrogens with zero attached hydrogens (tertiary/aromatic N) is 2. The van der Waals surface area contributed by atoms with Gasteiger partial charge in [0.2, 0.25) is 0 Å². The van der Waals surface area contributed by atoms with Crippen molar-refractivity contribution in [1.82, 2.24) is 9.55 Å². The molecular formula is C34H56IN3O9Si2. The molecule has 3 rings (SSSR count). The monoisotopic (exact) mass is 833 g/mol. The number of nitro groups is 1. The molecule has 1 fully saturated rings. The molecule has 0 amide bonds. The number of hydrogen-bond donors (Lipinski definition) is 1. The van der Waals surface area contributed by atoms with E-state index in [1.54, 1.807) is 6.07 Å². The second-order valence-corrected chi connectivity index (χ2v) is 27.8. The molecule has 276 valence electrons. The summed E-state index contributed by atoms with van der Waals surface area (Å²) in [5, 5.41) is 12.0. The van der Waals surface area contributed by atoms with Crippen molar-refractivity contribution < 1.29 is 28.0 Å². The van der Waals surface area contributed by atoms with Gasteiger partial charge < -0.3 is 23.1 Å². The van der Waals surface area contributed by atoms with E-state index in [1.807, 2.05) is 43.4 Å². The van der Waals surface area contributed by atoms with E-state index in [4.69, 9.17) is 23.1 Å². The van der Waals surface area contributed by atoms with E-state index in [-0.39, 0.29) is 34.0 Å². The number of H-pyrrole nitrogens is 1. The first-order chi connectivity index (χ1) is 22.2. The minimum absolute atomic E-state index is 0.000225. The van der Waals surface area contributed by atoms with Gasteiger partial charge in [0.05, 0.1) is 52.2 Å². The maximum atomic E-state index is 13.3. The number of ether oxygens (including phenoxy) is 3. The molecule has 49 heavy (non-hydrogen) atoms. The van der Waals surface area contributed by atoms with Gasteiger partial charge in [-0.25, -0.2) is 4.79 Å². The predicted octanol–water partition coefficient (Wildman–Crippen LogP) is 8.06. The summed E-state index contributed by atoms with van der Waals surface area (Å²) < 4.78 is 33.7. The molecule has 0 aliphatic carbocycles. The molecule has 4 atom stereocenters. The summed E-state index contributed by atoms with van der Waals surface area (Å²) in [5.74, 6) is 0.477. The molecule has 1 aliphatic rings. The normalized spacial score (nSPS) is 20.0. The molecule has 1 aromatic carbocycles. The van der Waals surface area contributed by atoms with Gasteiger partial charge in [0.25, 0.3) is 11.2 Å². The summed E-state index contributed by atoms with van der Waals surface area (Å²) in [5.41, 5.74) is -1.42. The van der Waals surface area contributed by atoms with Crippen molar-refractivity contribution in [2.24, 2.45) is 5.41 Å². The van der Waals surface area contributed by atoms with Gasteiger partial charge in [0.15, 0.2) is 16.6 Å². The summed E-state index contributed by atoms with van der Waals surface area (Å²) in [7, 11) is -2.85. The maximum Gasteiger partial charge on any atom is 0.330 e. The number of aromatic amines is 1. The van der Waals surface area contributed by atoms with Crippen LogP contribution in [0.25, 0.3) is 0 Å². The molecule has 1 saturated heterocycles. The fourth-order valence-electron chi connectivity index (χ4n) is 5.11. The molecule has 0 spiro atoms. The molecule has 2 aromatic rings. The highest BCUT2D eigenvalue weighted by Crippen LogP contribution is 2.44. The Balaban J connectivity index is 1.98. The fraction of sp³-hybridized carbons (Fsp3) is 0.706. The van der Waals surface area contributed by atoms with Crippen molar-refractivity contribution in [3.63, 3.8) is 0 Å². The molecule has 0 radical (unpaired) electrons. The summed E-state index contributed by atoms with van der Waals surface area (Å²) in [6, 6.07) is 3.07. The van der Waals surface area contributed by atoms with Crippen LogP contribution in [0.5, 0.6) is 5.75 Å². The first kappa shape index (κ1) is 41.5. The Labute approximate surface area is 306 Å². The van der Waals surface area contributed by atoms with E-state index < -0.39 is 56.7 Å². The Kier molecular flexibility index (Phi) is 12.7. The van der Waals surface area contributed by atoms with Crippen molar-refractivity contribution >= 4 is 44.9 Å². The largest absolute Gasteiger partial charge is 0.496 e. The van der Waals surface area contributed by atoms with Gasteiger partial charge in [-0.15, -0.1) is 0 Å². The van der Waals surface area contributed by atoms with Crippen LogP contribution in [0.15, 0.2) is 27.9 Å². The lowest BCUT2D eigenvalue weighted by molar-refractivity contribution is -0.386. The lowest BCUT2D eigenvalue weighted by Gasteiger charge is -2.40. The van der Waals surface area contributed by atoms with Crippen LogP contribution in [-0.4, -0.2) is 57.0 Å². The van der Waals surface area contributed by atoms with Crippen molar-refractivity contribution in [3.05, 3.63) is 64.0 Å². The van der Waals surface area contributed by atoms with Gasteiger partial charge in [0, 0.05) is 18.7 Å². The topological polar surface area (TPSA) is 144 Å². The first-order valence-electron chi connectivity index (χ1n) is 16.6. The number of hydrogen-bond acceptors (Lipinski definition) is 9. The summed E-state index contributed by atoms with van der Waals surface area (Å²) in [4.78, 5) is 40.4. The van der Waals surface area contributed by atoms with Crippen molar-refractivity contribution in [3.8, 4) is 5.75 Å². The second kappa shape index (κ2) is 15.0. The Morgan fingerprint density at radius 1 is 1.04 bits per heavy atom. The highest BCUT2D eigenvalue weighted by Gasteiger charge is 2.47. The third-order valence-electron chi connectivity index (χ3n) is 10.2. The van der Waals surface area contributed by atoms with Gasteiger partial charge in [-0.05, 0) is 70.3 Å². The van der Waals surface area contributed by atoms with Gasteiger partial charge >= 0.3 is 5.69 Å². The predicted molar refractivity (Wildman–Crippen MR) is 204 cm³/mol. The highest BCUT2D eigenvalue weighted by atomic mass is 127. The average molecular weight is 834 g/mol.